The molecule has 0 saturated heterocycles. The Bertz CT molecular complexity index is 812. The Morgan fingerprint density at radius 1 is 1.05 bits per heavy atom. The standard InChI is InChI=1S/C16H12Cl2N2O/c1-9-6-7-10(17)8-12(9)15-14(16(19)21-20-15)11-4-2-3-5-13(11)18/h2-8H,19H2,1H3. The minimum atomic E-state index is 0.234. The number of benzene rings is 2. The fourth-order valence-corrected chi connectivity index (χ4v) is 2.66. The summed E-state index contributed by atoms with van der Waals surface area (Å²) in [6, 6.07) is 13.0. The van der Waals surface area contributed by atoms with Crippen molar-refractivity contribution >= 4 is 29.1 Å². The molecule has 0 saturated carbocycles. The van der Waals surface area contributed by atoms with Crippen molar-refractivity contribution in [2.75, 3.05) is 5.73 Å². The Morgan fingerprint density at radius 2 is 1.81 bits per heavy atom. The number of nitrogen functional groups attached to an aromatic ring is 1. The highest BCUT2D eigenvalue weighted by molar-refractivity contribution is 6.33. The maximum Gasteiger partial charge on any atom is 0.230 e. The summed E-state index contributed by atoms with van der Waals surface area (Å²) in [5.74, 6) is 0.234. The van der Waals surface area contributed by atoms with E-state index in [9.17, 15) is 0 Å². The monoisotopic (exact) mass is 318 g/mol. The van der Waals surface area contributed by atoms with Crippen molar-refractivity contribution in [1.82, 2.24) is 5.16 Å². The van der Waals surface area contributed by atoms with E-state index in [4.69, 9.17) is 33.5 Å². The van der Waals surface area contributed by atoms with Crippen molar-refractivity contribution < 1.29 is 4.52 Å². The highest BCUT2D eigenvalue weighted by Crippen LogP contribution is 2.40. The van der Waals surface area contributed by atoms with Crippen LogP contribution in [-0.2, 0) is 0 Å². The average Bonchev–Trinajstić information content (AvgIpc) is 2.84. The SMILES string of the molecule is Cc1ccc(Cl)cc1-c1noc(N)c1-c1ccccc1Cl. The Kier molecular flexibility index (Phi) is 3.62. The summed E-state index contributed by atoms with van der Waals surface area (Å²) in [6.07, 6.45) is 0. The molecule has 0 amide bonds. The van der Waals surface area contributed by atoms with Crippen LogP contribution in [0.15, 0.2) is 47.0 Å². The zero-order valence-corrected chi connectivity index (χ0v) is 12.7. The summed E-state index contributed by atoms with van der Waals surface area (Å²) in [5, 5.41) is 5.31. The molecule has 1 heterocycles. The van der Waals surface area contributed by atoms with Gasteiger partial charge in [-0.3, -0.25) is 0 Å². The van der Waals surface area contributed by atoms with Gasteiger partial charge in [0.05, 0.1) is 5.56 Å². The number of halogens is 2. The summed E-state index contributed by atoms with van der Waals surface area (Å²) in [6.45, 7) is 1.98. The van der Waals surface area contributed by atoms with Gasteiger partial charge in [-0.25, -0.2) is 0 Å². The predicted octanol–water partition coefficient (Wildman–Crippen LogP) is 5.21. The molecule has 0 atom stereocenters. The van der Waals surface area contributed by atoms with Crippen molar-refractivity contribution in [3.63, 3.8) is 0 Å². The average molecular weight is 319 g/mol. The lowest BCUT2D eigenvalue weighted by Crippen LogP contribution is -1.90. The first-order valence-electron chi connectivity index (χ1n) is 6.34. The van der Waals surface area contributed by atoms with Crippen LogP contribution in [-0.4, -0.2) is 5.16 Å². The van der Waals surface area contributed by atoms with Crippen LogP contribution in [0.25, 0.3) is 22.4 Å². The second kappa shape index (κ2) is 5.43. The van der Waals surface area contributed by atoms with Gasteiger partial charge in [0.15, 0.2) is 0 Å². The van der Waals surface area contributed by atoms with Crippen LogP contribution in [0.5, 0.6) is 0 Å². The molecule has 5 heteroatoms. The van der Waals surface area contributed by atoms with Crippen LogP contribution < -0.4 is 5.73 Å². The zero-order chi connectivity index (χ0) is 15.0. The van der Waals surface area contributed by atoms with Crippen LogP contribution in [0, 0.1) is 6.92 Å². The molecule has 2 N–H and O–H groups in total. The van der Waals surface area contributed by atoms with Crippen molar-refractivity contribution in [2.24, 2.45) is 0 Å². The van der Waals surface area contributed by atoms with Gasteiger partial charge in [-0.15, -0.1) is 0 Å². The third kappa shape index (κ3) is 2.50. The minimum Gasteiger partial charge on any atom is -0.367 e. The molecule has 0 spiro atoms. The van der Waals surface area contributed by atoms with Crippen LogP contribution in [0.3, 0.4) is 0 Å². The topological polar surface area (TPSA) is 52.0 Å². The third-order valence-corrected chi connectivity index (χ3v) is 3.88. The number of nitrogens with zero attached hydrogens (tertiary/aromatic N) is 1. The van der Waals surface area contributed by atoms with Gasteiger partial charge in [-0.1, -0.05) is 52.6 Å². The summed E-state index contributed by atoms with van der Waals surface area (Å²) in [7, 11) is 0. The zero-order valence-electron chi connectivity index (χ0n) is 11.2. The Balaban J connectivity index is 2.27. The van der Waals surface area contributed by atoms with Crippen LogP contribution >= 0.6 is 23.2 Å². The van der Waals surface area contributed by atoms with E-state index in [2.05, 4.69) is 5.16 Å². The Hall–Kier alpha value is -1.97. The van der Waals surface area contributed by atoms with Gasteiger partial charge < -0.3 is 10.3 Å². The molecule has 2 aromatic carbocycles. The summed E-state index contributed by atoms with van der Waals surface area (Å²) in [4.78, 5) is 0. The van der Waals surface area contributed by atoms with Crippen molar-refractivity contribution in [3.05, 3.63) is 58.1 Å². The van der Waals surface area contributed by atoms with Crippen molar-refractivity contribution in [1.29, 1.82) is 0 Å². The lowest BCUT2D eigenvalue weighted by Gasteiger charge is -2.07. The van der Waals surface area contributed by atoms with Crippen LogP contribution in [0.4, 0.5) is 5.88 Å². The smallest absolute Gasteiger partial charge is 0.230 e. The number of anilines is 1. The Labute approximate surface area is 132 Å². The van der Waals surface area contributed by atoms with Crippen LogP contribution in [0.1, 0.15) is 5.56 Å². The molecule has 21 heavy (non-hydrogen) atoms. The molecular formula is C16H12Cl2N2O. The molecule has 0 bridgehead atoms. The minimum absolute atomic E-state index is 0.234. The number of rotatable bonds is 2. The second-order valence-corrected chi connectivity index (χ2v) is 5.55. The summed E-state index contributed by atoms with van der Waals surface area (Å²) >= 11 is 12.4. The molecule has 1 aromatic heterocycles. The highest BCUT2D eigenvalue weighted by Gasteiger charge is 2.20. The lowest BCUT2D eigenvalue weighted by molar-refractivity contribution is 0.439. The van der Waals surface area contributed by atoms with Gasteiger partial charge in [0.2, 0.25) is 5.88 Å². The fourth-order valence-electron chi connectivity index (χ4n) is 2.26. The van der Waals surface area contributed by atoms with Gasteiger partial charge in [-0.2, -0.15) is 0 Å². The van der Waals surface area contributed by atoms with Gasteiger partial charge in [0.1, 0.15) is 5.69 Å². The van der Waals surface area contributed by atoms with Gasteiger partial charge >= 0.3 is 0 Å². The largest absolute Gasteiger partial charge is 0.367 e. The molecule has 0 fully saturated rings. The normalized spacial score (nSPS) is 10.8. The van der Waals surface area contributed by atoms with E-state index in [0.717, 1.165) is 16.7 Å². The molecule has 0 aliphatic carbocycles. The Morgan fingerprint density at radius 3 is 2.57 bits per heavy atom. The first-order chi connectivity index (χ1) is 10.1. The number of hydrogen-bond acceptors (Lipinski definition) is 3. The molecule has 3 aromatic rings. The molecule has 0 aliphatic heterocycles. The third-order valence-electron chi connectivity index (χ3n) is 3.32. The van der Waals surface area contributed by atoms with Gasteiger partial charge in [0, 0.05) is 21.2 Å². The molecular weight excluding hydrogens is 307 g/mol. The van der Waals surface area contributed by atoms with Gasteiger partial charge in [0.25, 0.3) is 0 Å². The molecule has 3 rings (SSSR count). The molecule has 0 aliphatic rings. The maximum absolute atomic E-state index is 6.27. The summed E-state index contributed by atoms with van der Waals surface area (Å²) in [5.41, 5.74) is 9.96. The number of hydrogen-bond donors (Lipinski definition) is 1. The van der Waals surface area contributed by atoms with Crippen molar-refractivity contribution in [3.8, 4) is 22.4 Å². The summed E-state index contributed by atoms with van der Waals surface area (Å²) < 4.78 is 5.18. The first kappa shape index (κ1) is 14.0. The first-order valence-corrected chi connectivity index (χ1v) is 7.10. The highest BCUT2D eigenvalue weighted by atomic mass is 35.5. The maximum atomic E-state index is 6.27. The fraction of sp³-hybridized carbons (Fsp3) is 0.0625. The molecule has 0 radical (unpaired) electrons. The van der Waals surface area contributed by atoms with Crippen molar-refractivity contribution in [2.45, 2.75) is 6.92 Å². The van der Waals surface area contributed by atoms with E-state index in [0.29, 0.717) is 21.3 Å². The van der Waals surface area contributed by atoms with E-state index >= 15 is 0 Å². The van der Waals surface area contributed by atoms with E-state index in [1.807, 2.05) is 43.3 Å². The second-order valence-electron chi connectivity index (χ2n) is 4.71. The molecule has 3 nitrogen and oxygen atoms in total. The lowest BCUT2D eigenvalue weighted by atomic mass is 9.98. The molecule has 106 valence electrons. The van der Waals surface area contributed by atoms with Gasteiger partial charge in [-0.05, 0) is 30.7 Å². The quantitative estimate of drug-likeness (QED) is 0.706. The van der Waals surface area contributed by atoms with Crippen LogP contribution in [0.2, 0.25) is 10.0 Å². The van der Waals surface area contributed by atoms with E-state index in [1.54, 1.807) is 6.07 Å². The molecule has 0 unspecified atom stereocenters. The van der Waals surface area contributed by atoms with E-state index in [1.165, 1.54) is 0 Å². The predicted molar refractivity (Wildman–Crippen MR) is 86.5 cm³/mol. The number of aromatic nitrogens is 1. The number of nitrogens with two attached hydrogens (primary N) is 1. The van der Waals surface area contributed by atoms with E-state index in [-0.39, 0.29) is 5.88 Å². The van der Waals surface area contributed by atoms with E-state index < -0.39 is 0 Å². The number of aryl methyl sites for hydroxylation is 1.